The molecule has 1 aromatic rings. The molecule has 1 atom stereocenters. The first-order valence-electron chi connectivity index (χ1n) is 6.99. The Kier molecular flexibility index (Phi) is 5.21. The highest BCUT2D eigenvalue weighted by Gasteiger charge is 2.15. The first-order valence-corrected chi connectivity index (χ1v) is 6.99. The number of aryl methyl sites for hydroxylation is 1. The fraction of sp³-hybridized carbons (Fsp3) is 0.533. The summed E-state index contributed by atoms with van der Waals surface area (Å²) in [6.45, 7) is 4.10. The molecule has 0 aromatic heterocycles. The number of hydrogen-bond acceptors (Lipinski definition) is 3. The van der Waals surface area contributed by atoms with E-state index in [0.717, 1.165) is 38.1 Å². The van der Waals surface area contributed by atoms with Gasteiger partial charge in [-0.2, -0.15) is 0 Å². The van der Waals surface area contributed by atoms with Crippen LogP contribution in [0.25, 0.3) is 0 Å². The maximum absolute atomic E-state index is 11.7. The molecule has 1 aromatic carbocycles. The van der Waals surface area contributed by atoms with E-state index < -0.39 is 0 Å². The second kappa shape index (κ2) is 7.14. The Hall–Kier alpha value is -1.55. The summed E-state index contributed by atoms with van der Waals surface area (Å²) in [6.07, 6.45) is 3.17. The van der Waals surface area contributed by atoms with Crippen molar-refractivity contribution in [2.45, 2.75) is 32.2 Å². The molecule has 0 unspecified atom stereocenters. The molecule has 1 heterocycles. The normalized spacial score (nSPS) is 18.9. The highest BCUT2D eigenvalue weighted by Crippen LogP contribution is 2.12. The standard InChI is InChI=1S/C15H22N2O2/c1-2-12-5-7-14(8-6-12)19-11-15(18)17-13-4-3-9-16-10-13/h5-8,13,16H,2-4,9-11H2,1H3,(H,17,18)/t13-/m0/s1. The van der Waals surface area contributed by atoms with Gasteiger partial charge in [0, 0.05) is 12.6 Å². The van der Waals surface area contributed by atoms with E-state index in [1.165, 1.54) is 5.56 Å². The summed E-state index contributed by atoms with van der Waals surface area (Å²) < 4.78 is 5.48. The van der Waals surface area contributed by atoms with E-state index in [2.05, 4.69) is 17.6 Å². The van der Waals surface area contributed by atoms with E-state index in [1.54, 1.807) is 0 Å². The van der Waals surface area contributed by atoms with Crippen molar-refractivity contribution in [1.82, 2.24) is 10.6 Å². The third-order valence-electron chi connectivity index (χ3n) is 3.36. The van der Waals surface area contributed by atoms with Gasteiger partial charge in [0.2, 0.25) is 0 Å². The van der Waals surface area contributed by atoms with Crippen LogP contribution < -0.4 is 15.4 Å². The monoisotopic (exact) mass is 262 g/mol. The van der Waals surface area contributed by atoms with Crippen LogP contribution in [0.2, 0.25) is 0 Å². The fourth-order valence-electron chi connectivity index (χ4n) is 2.21. The summed E-state index contributed by atoms with van der Waals surface area (Å²) in [7, 11) is 0. The lowest BCUT2D eigenvalue weighted by molar-refractivity contribution is -0.123. The van der Waals surface area contributed by atoms with Crippen LogP contribution in [0.3, 0.4) is 0 Å². The Balaban J connectivity index is 1.72. The van der Waals surface area contributed by atoms with Gasteiger partial charge in [-0.25, -0.2) is 0 Å². The van der Waals surface area contributed by atoms with Gasteiger partial charge in [-0.05, 0) is 43.5 Å². The molecule has 1 fully saturated rings. The number of nitrogens with one attached hydrogen (secondary N) is 2. The molecular formula is C15H22N2O2. The van der Waals surface area contributed by atoms with E-state index in [4.69, 9.17) is 4.74 Å². The summed E-state index contributed by atoms with van der Waals surface area (Å²) in [5.41, 5.74) is 1.27. The second-order valence-corrected chi connectivity index (χ2v) is 4.90. The van der Waals surface area contributed by atoms with Gasteiger partial charge in [-0.15, -0.1) is 0 Å². The maximum atomic E-state index is 11.7. The number of ether oxygens (including phenoxy) is 1. The number of hydrogen-bond donors (Lipinski definition) is 2. The molecule has 104 valence electrons. The van der Waals surface area contributed by atoms with Crippen molar-refractivity contribution in [3.05, 3.63) is 29.8 Å². The van der Waals surface area contributed by atoms with Crippen LogP contribution in [0.5, 0.6) is 5.75 Å². The van der Waals surface area contributed by atoms with E-state index in [1.807, 2.05) is 24.3 Å². The lowest BCUT2D eigenvalue weighted by atomic mass is 10.1. The Labute approximate surface area is 114 Å². The molecule has 0 spiro atoms. The highest BCUT2D eigenvalue weighted by molar-refractivity contribution is 5.77. The van der Waals surface area contributed by atoms with Gasteiger partial charge in [-0.1, -0.05) is 19.1 Å². The minimum atomic E-state index is -0.0479. The van der Waals surface area contributed by atoms with Crippen LogP contribution >= 0.6 is 0 Å². The molecule has 1 saturated heterocycles. The minimum Gasteiger partial charge on any atom is -0.484 e. The van der Waals surface area contributed by atoms with Gasteiger partial charge < -0.3 is 15.4 Å². The Morgan fingerprint density at radius 1 is 1.42 bits per heavy atom. The van der Waals surface area contributed by atoms with Crippen molar-refractivity contribution in [3.63, 3.8) is 0 Å². The van der Waals surface area contributed by atoms with Crippen molar-refractivity contribution in [1.29, 1.82) is 0 Å². The summed E-state index contributed by atoms with van der Waals surface area (Å²) in [4.78, 5) is 11.7. The summed E-state index contributed by atoms with van der Waals surface area (Å²) in [6, 6.07) is 8.12. The van der Waals surface area contributed by atoms with Crippen LogP contribution in [0.15, 0.2) is 24.3 Å². The van der Waals surface area contributed by atoms with E-state index in [9.17, 15) is 4.79 Å². The summed E-state index contributed by atoms with van der Waals surface area (Å²) in [5, 5.41) is 6.26. The smallest absolute Gasteiger partial charge is 0.258 e. The Morgan fingerprint density at radius 3 is 2.84 bits per heavy atom. The van der Waals surface area contributed by atoms with Crippen LogP contribution in [-0.2, 0) is 11.2 Å². The first-order chi connectivity index (χ1) is 9.28. The Morgan fingerprint density at radius 2 is 2.21 bits per heavy atom. The highest BCUT2D eigenvalue weighted by atomic mass is 16.5. The SMILES string of the molecule is CCc1ccc(OCC(=O)N[C@H]2CCCNC2)cc1. The van der Waals surface area contributed by atoms with E-state index in [0.29, 0.717) is 0 Å². The summed E-state index contributed by atoms with van der Waals surface area (Å²) >= 11 is 0. The zero-order valence-corrected chi connectivity index (χ0v) is 11.4. The molecule has 0 aliphatic carbocycles. The second-order valence-electron chi connectivity index (χ2n) is 4.90. The number of carbonyl (C=O) groups is 1. The minimum absolute atomic E-state index is 0.0479. The fourth-order valence-corrected chi connectivity index (χ4v) is 2.21. The first kappa shape index (κ1) is 13.9. The zero-order chi connectivity index (χ0) is 13.5. The van der Waals surface area contributed by atoms with Crippen LogP contribution in [0.1, 0.15) is 25.3 Å². The number of carbonyl (C=O) groups excluding carboxylic acids is 1. The van der Waals surface area contributed by atoms with E-state index in [-0.39, 0.29) is 18.6 Å². The molecular weight excluding hydrogens is 240 g/mol. The van der Waals surface area contributed by atoms with Crippen LogP contribution in [-0.4, -0.2) is 31.6 Å². The number of benzene rings is 1. The maximum Gasteiger partial charge on any atom is 0.258 e. The molecule has 1 aliphatic heterocycles. The third kappa shape index (κ3) is 4.56. The molecule has 4 nitrogen and oxygen atoms in total. The molecule has 2 N–H and O–H groups in total. The lowest BCUT2D eigenvalue weighted by Crippen LogP contribution is -2.46. The Bertz CT molecular complexity index is 397. The predicted octanol–water partition coefficient (Wildman–Crippen LogP) is 1.50. The van der Waals surface area contributed by atoms with E-state index >= 15 is 0 Å². The van der Waals surface area contributed by atoms with Gasteiger partial charge in [0.05, 0.1) is 0 Å². The van der Waals surface area contributed by atoms with Gasteiger partial charge in [0.15, 0.2) is 6.61 Å². The molecule has 0 bridgehead atoms. The van der Waals surface area contributed by atoms with Crippen molar-refractivity contribution < 1.29 is 9.53 Å². The quantitative estimate of drug-likeness (QED) is 0.845. The van der Waals surface area contributed by atoms with Crippen LogP contribution in [0, 0.1) is 0 Å². The molecule has 4 heteroatoms. The van der Waals surface area contributed by atoms with Crippen molar-refractivity contribution in [2.75, 3.05) is 19.7 Å². The number of amides is 1. The number of piperidine rings is 1. The van der Waals surface area contributed by atoms with Gasteiger partial charge in [0.1, 0.15) is 5.75 Å². The largest absolute Gasteiger partial charge is 0.484 e. The number of rotatable bonds is 5. The molecule has 1 amide bonds. The third-order valence-corrected chi connectivity index (χ3v) is 3.36. The van der Waals surface area contributed by atoms with Gasteiger partial charge in [0.25, 0.3) is 5.91 Å². The van der Waals surface area contributed by atoms with Crippen molar-refractivity contribution >= 4 is 5.91 Å². The van der Waals surface area contributed by atoms with Crippen molar-refractivity contribution in [2.24, 2.45) is 0 Å². The molecule has 19 heavy (non-hydrogen) atoms. The molecule has 0 saturated carbocycles. The van der Waals surface area contributed by atoms with Gasteiger partial charge >= 0.3 is 0 Å². The van der Waals surface area contributed by atoms with Crippen molar-refractivity contribution in [3.8, 4) is 5.75 Å². The lowest BCUT2D eigenvalue weighted by Gasteiger charge is -2.23. The molecule has 0 radical (unpaired) electrons. The topological polar surface area (TPSA) is 50.4 Å². The molecule has 2 rings (SSSR count). The zero-order valence-electron chi connectivity index (χ0n) is 11.4. The summed E-state index contributed by atoms with van der Waals surface area (Å²) in [5.74, 6) is 0.697. The average molecular weight is 262 g/mol. The van der Waals surface area contributed by atoms with Gasteiger partial charge in [-0.3, -0.25) is 4.79 Å². The molecule has 1 aliphatic rings. The average Bonchev–Trinajstić information content (AvgIpc) is 2.47. The van der Waals surface area contributed by atoms with Crippen LogP contribution in [0.4, 0.5) is 0 Å². The predicted molar refractivity (Wildman–Crippen MR) is 75.3 cm³/mol.